The highest BCUT2D eigenvalue weighted by atomic mass is 16.6. The lowest BCUT2D eigenvalue weighted by molar-refractivity contribution is -0.421. The SMILES string of the molecule is CCC1=CCCC=C1[N+](=O)[O-]. The summed E-state index contributed by atoms with van der Waals surface area (Å²) in [6.45, 7) is 1.94. The summed E-state index contributed by atoms with van der Waals surface area (Å²) in [5.41, 5.74) is 1.18. The third kappa shape index (κ3) is 1.67. The Morgan fingerprint density at radius 1 is 1.55 bits per heavy atom. The molecular formula is C8H11NO2. The van der Waals surface area contributed by atoms with Crippen molar-refractivity contribution in [3.63, 3.8) is 0 Å². The molecule has 0 radical (unpaired) electrons. The van der Waals surface area contributed by atoms with Crippen LogP contribution in [0.2, 0.25) is 0 Å². The molecule has 0 aromatic carbocycles. The van der Waals surface area contributed by atoms with Crippen molar-refractivity contribution in [1.82, 2.24) is 0 Å². The van der Waals surface area contributed by atoms with Gasteiger partial charge in [-0.05, 0) is 25.3 Å². The fraction of sp³-hybridized carbons (Fsp3) is 0.500. The summed E-state index contributed by atoms with van der Waals surface area (Å²) < 4.78 is 0. The summed E-state index contributed by atoms with van der Waals surface area (Å²) in [5.74, 6) is 0. The number of nitrogens with zero attached hydrogens (tertiary/aromatic N) is 1. The zero-order chi connectivity index (χ0) is 8.27. The summed E-state index contributed by atoms with van der Waals surface area (Å²) in [7, 11) is 0. The molecular weight excluding hydrogens is 142 g/mol. The van der Waals surface area contributed by atoms with Crippen molar-refractivity contribution in [3.8, 4) is 0 Å². The van der Waals surface area contributed by atoms with Crippen molar-refractivity contribution in [1.29, 1.82) is 0 Å². The van der Waals surface area contributed by atoms with Crippen molar-refractivity contribution in [2.24, 2.45) is 0 Å². The lowest BCUT2D eigenvalue weighted by atomic mass is 10.0. The normalized spacial score (nSPS) is 17.2. The van der Waals surface area contributed by atoms with Crippen molar-refractivity contribution in [3.05, 3.63) is 33.5 Å². The van der Waals surface area contributed by atoms with E-state index in [2.05, 4.69) is 0 Å². The van der Waals surface area contributed by atoms with Gasteiger partial charge in [-0.2, -0.15) is 0 Å². The molecule has 0 spiro atoms. The second kappa shape index (κ2) is 3.32. The summed E-state index contributed by atoms with van der Waals surface area (Å²) in [6.07, 6.45) is 6.17. The first-order valence-corrected chi connectivity index (χ1v) is 3.79. The van der Waals surface area contributed by atoms with Gasteiger partial charge in [-0.15, -0.1) is 0 Å². The molecule has 1 aliphatic carbocycles. The second-order valence-corrected chi connectivity index (χ2v) is 2.51. The maximum atomic E-state index is 10.4. The molecule has 0 aromatic heterocycles. The van der Waals surface area contributed by atoms with E-state index in [1.807, 2.05) is 13.0 Å². The first-order valence-electron chi connectivity index (χ1n) is 3.79. The van der Waals surface area contributed by atoms with Crippen LogP contribution in [0.25, 0.3) is 0 Å². The average Bonchev–Trinajstić information content (AvgIpc) is 2.04. The van der Waals surface area contributed by atoms with Crippen LogP contribution in [-0.2, 0) is 0 Å². The van der Waals surface area contributed by atoms with E-state index >= 15 is 0 Å². The van der Waals surface area contributed by atoms with Crippen LogP contribution in [0.15, 0.2) is 23.4 Å². The van der Waals surface area contributed by atoms with Gasteiger partial charge in [-0.25, -0.2) is 0 Å². The van der Waals surface area contributed by atoms with E-state index in [1.54, 1.807) is 6.08 Å². The van der Waals surface area contributed by atoms with Crippen LogP contribution in [0.4, 0.5) is 0 Å². The second-order valence-electron chi connectivity index (χ2n) is 2.51. The summed E-state index contributed by atoms with van der Waals surface area (Å²) in [5, 5.41) is 10.4. The van der Waals surface area contributed by atoms with Gasteiger partial charge in [-0.1, -0.05) is 13.0 Å². The van der Waals surface area contributed by atoms with Gasteiger partial charge in [0.2, 0.25) is 0 Å². The smallest absolute Gasteiger partial charge is 0.258 e. The molecule has 0 unspecified atom stereocenters. The summed E-state index contributed by atoms with van der Waals surface area (Å²) in [4.78, 5) is 10.1. The fourth-order valence-corrected chi connectivity index (χ4v) is 1.23. The first-order chi connectivity index (χ1) is 5.25. The van der Waals surface area contributed by atoms with Gasteiger partial charge in [0.15, 0.2) is 0 Å². The van der Waals surface area contributed by atoms with Gasteiger partial charge in [0.25, 0.3) is 5.70 Å². The highest BCUT2D eigenvalue weighted by molar-refractivity contribution is 5.27. The molecule has 0 fully saturated rings. The van der Waals surface area contributed by atoms with Crippen LogP contribution in [-0.4, -0.2) is 4.92 Å². The highest BCUT2D eigenvalue weighted by Gasteiger charge is 2.16. The van der Waals surface area contributed by atoms with E-state index in [9.17, 15) is 10.1 Å². The van der Waals surface area contributed by atoms with Crippen LogP contribution in [0.3, 0.4) is 0 Å². The fourth-order valence-electron chi connectivity index (χ4n) is 1.23. The average molecular weight is 153 g/mol. The van der Waals surface area contributed by atoms with Crippen LogP contribution in [0.1, 0.15) is 26.2 Å². The lowest BCUT2D eigenvalue weighted by Gasteiger charge is -2.05. The molecule has 0 atom stereocenters. The quantitative estimate of drug-likeness (QED) is 0.451. The largest absolute Gasteiger partial charge is 0.268 e. The summed E-state index contributed by atoms with van der Waals surface area (Å²) >= 11 is 0. The van der Waals surface area contributed by atoms with Crippen molar-refractivity contribution >= 4 is 0 Å². The zero-order valence-corrected chi connectivity index (χ0v) is 6.54. The highest BCUT2D eigenvalue weighted by Crippen LogP contribution is 2.21. The first kappa shape index (κ1) is 7.98. The minimum atomic E-state index is -0.297. The Bertz CT molecular complexity index is 228. The maximum absolute atomic E-state index is 10.4. The topological polar surface area (TPSA) is 43.1 Å². The standard InChI is InChI=1S/C8H11NO2/c1-2-7-5-3-4-6-8(7)9(10)11/h5-6H,2-4H2,1H3. The minimum absolute atomic E-state index is 0.297. The Hall–Kier alpha value is -1.12. The van der Waals surface area contributed by atoms with Gasteiger partial charge in [0, 0.05) is 5.57 Å². The number of rotatable bonds is 2. The van der Waals surface area contributed by atoms with Crippen LogP contribution < -0.4 is 0 Å². The van der Waals surface area contributed by atoms with Crippen molar-refractivity contribution in [2.45, 2.75) is 26.2 Å². The zero-order valence-electron chi connectivity index (χ0n) is 6.54. The molecule has 0 amide bonds. The van der Waals surface area contributed by atoms with Gasteiger partial charge in [-0.3, -0.25) is 10.1 Å². The molecule has 11 heavy (non-hydrogen) atoms. The van der Waals surface area contributed by atoms with Crippen LogP contribution >= 0.6 is 0 Å². The van der Waals surface area contributed by atoms with Crippen LogP contribution in [0.5, 0.6) is 0 Å². The predicted molar refractivity (Wildman–Crippen MR) is 42.7 cm³/mol. The molecule has 1 aliphatic rings. The summed E-state index contributed by atoms with van der Waals surface area (Å²) in [6, 6.07) is 0. The van der Waals surface area contributed by atoms with Crippen molar-refractivity contribution in [2.75, 3.05) is 0 Å². The molecule has 3 nitrogen and oxygen atoms in total. The number of hydrogen-bond acceptors (Lipinski definition) is 2. The number of nitro groups is 1. The van der Waals surface area contributed by atoms with E-state index in [0.29, 0.717) is 5.70 Å². The number of allylic oxidation sites excluding steroid dienone is 3. The molecule has 0 bridgehead atoms. The van der Waals surface area contributed by atoms with E-state index in [-0.39, 0.29) is 4.92 Å². The Labute approximate surface area is 65.6 Å². The molecule has 60 valence electrons. The Kier molecular flexibility index (Phi) is 2.41. The predicted octanol–water partition coefficient (Wildman–Crippen LogP) is 2.28. The van der Waals surface area contributed by atoms with E-state index in [4.69, 9.17) is 0 Å². The van der Waals surface area contributed by atoms with Crippen LogP contribution in [0, 0.1) is 10.1 Å². The molecule has 0 saturated heterocycles. The van der Waals surface area contributed by atoms with Crippen molar-refractivity contribution < 1.29 is 4.92 Å². The van der Waals surface area contributed by atoms with Gasteiger partial charge < -0.3 is 0 Å². The van der Waals surface area contributed by atoms with Gasteiger partial charge >= 0.3 is 0 Å². The molecule has 3 heteroatoms. The minimum Gasteiger partial charge on any atom is -0.258 e. The molecule has 0 saturated carbocycles. The maximum Gasteiger partial charge on any atom is 0.268 e. The molecule has 1 rings (SSSR count). The number of hydrogen-bond donors (Lipinski definition) is 0. The van der Waals surface area contributed by atoms with E-state index in [1.165, 1.54) is 0 Å². The Balaban J connectivity index is 2.83. The van der Waals surface area contributed by atoms with E-state index in [0.717, 1.165) is 24.8 Å². The molecule has 0 aliphatic heterocycles. The third-order valence-electron chi connectivity index (χ3n) is 1.80. The van der Waals surface area contributed by atoms with Gasteiger partial charge in [0.1, 0.15) is 0 Å². The molecule has 0 aromatic rings. The van der Waals surface area contributed by atoms with Gasteiger partial charge in [0.05, 0.1) is 4.92 Å². The lowest BCUT2D eigenvalue weighted by Crippen LogP contribution is -2.04. The Morgan fingerprint density at radius 2 is 2.18 bits per heavy atom. The monoisotopic (exact) mass is 153 g/mol. The molecule has 0 N–H and O–H groups in total. The Morgan fingerprint density at radius 3 is 2.64 bits per heavy atom. The van der Waals surface area contributed by atoms with E-state index < -0.39 is 0 Å². The third-order valence-corrected chi connectivity index (χ3v) is 1.80. The molecule has 0 heterocycles.